The first-order chi connectivity index (χ1) is 14.0. The van der Waals surface area contributed by atoms with Crippen LogP contribution in [0.4, 0.5) is 5.00 Å². The Bertz CT molecular complexity index is 805. The second-order valence-corrected chi connectivity index (χ2v) is 8.14. The van der Waals surface area contributed by atoms with Gasteiger partial charge in [-0.3, -0.25) is 19.4 Å². The van der Waals surface area contributed by atoms with Crippen molar-refractivity contribution in [1.29, 1.82) is 0 Å². The van der Waals surface area contributed by atoms with Crippen LogP contribution >= 0.6 is 11.3 Å². The Morgan fingerprint density at radius 2 is 1.97 bits per heavy atom. The molecule has 1 aliphatic rings. The molecule has 1 aromatic carbocycles. The van der Waals surface area contributed by atoms with E-state index in [0.29, 0.717) is 17.1 Å². The Kier molecular flexibility index (Phi) is 7.76. The van der Waals surface area contributed by atoms with Gasteiger partial charge in [0.1, 0.15) is 5.00 Å². The first-order valence-corrected chi connectivity index (χ1v) is 10.7. The molecule has 1 fully saturated rings. The van der Waals surface area contributed by atoms with Gasteiger partial charge in [0.2, 0.25) is 5.91 Å². The number of carbonyl (C=O) groups is 2. The lowest BCUT2D eigenvalue weighted by molar-refractivity contribution is -0.118. The average molecular weight is 417 g/mol. The number of benzene rings is 1. The standard InChI is InChI=1S/C21H28N4O3S/c1-16(13-24-8-10-28-11-9-24)25(14-17-5-3-2-4-6-17)15-19(26)23-21-18(20(22)27)7-12-29-21/h2-7,12,16H,8-11,13-15H2,1H3,(H2,22,27)(H,23,26). The highest BCUT2D eigenvalue weighted by atomic mass is 32.1. The minimum atomic E-state index is -0.539. The summed E-state index contributed by atoms with van der Waals surface area (Å²) in [5, 5.41) is 5.10. The summed E-state index contributed by atoms with van der Waals surface area (Å²) in [6.07, 6.45) is 0. The van der Waals surface area contributed by atoms with Crippen LogP contribution in [0.15, 0.2) is 41.8 Å². The van der Waals surface area contributed by atoms with Gasteiger partial charge >= 0.3 is 0 Å². The Morgan fingerprint density at radius 1 is 1.24 bits per heavy atom. The van der Waals surface area contributed by atoms with Gasteiger partial charge in [-0.1, -0.05) is 30.3 Å². The fourth-order valence-corrected chi connectivity index (χ4v) is 4.22. The number of nitrogens with one attached hydrogen (secondary N) is 1. The molecule has 1 saturated heterocycles. The van der Waals surface area contributed by atoms with E-state index >= 15 is 0 Å². The van der Waals surface area contributed by atoms with E-state index in [2.05, 4.69) is 34.2 Å². The largest absolute Gasteiger partial charge is 0.379 e. The molecule has 0 spiro atoms. The molecule has 1 unspecified atom stereocenters. The molecule has 7 nitrogen and oxygen atoms in total. The minimum Gasteiger partial charge on any atom is -0.379 e. The number of ether oxygens (including phenoxy) is 1. The summed E-state index contributed by atoms with van der Waals surface area (Å²) in [6.45, 7) is 7.24. The number of nitrogens with two attached hydrogens (primary N) is 1. The van der Waals surface area contributed by atoms with Crippen LogP contribution in [0.1, 0.15) is 22.8 Å². The Morgan fingerprint density at radius 3 is 2.66 bits per heavy atom. The van der Waals surface area contributed by atoms with Crippen LogP contribution in [0.5, 0.6) is 0 Å². The number of carbonyl (C=O) groups excluding carboxylic acids is 2. The van der Waals surface area contributed by atoms with E-state index < -0.39 is 5.91 Å². The summed E-state index contributed by atoms with van der Waals surface area (Å²) in [4.78, 5) is 28.8. The molecule has 2 amide bonds. The molecule has 3 rings (SSSR count). The third-order valence-electron chi connectivity index (χ3n) is 5.01. The van der Waals surface area contributed by atoms with E-state index in [-0.39, 0.29) is 18.5 Å². The van der Waals surface area contributed by atoms with Crippen molar-refractivity contribution in [1.82, 2.24) is 9.80 Å². The molecule has 0 saturated carbocycles. The van der Waals surface area contributed by atoms with Gasteiger partial charge in [0.05, 0.1) is 25.3 Å². The van der Waals surface area contributed by atoms with Crippen LogP contribution < -0.4 is 11.1 Å². The molecule has 8 heteroatoms. The molecule has 3 N–H and O–H groups in total. The van der Waals surface area contributed by atoms with Crippen molar-refractivity contribution in [2.75, 3.05) is 44.7 Å². The fraction of sp³-hybridized carbons (Fsp3) is 0.429. The SMILES string of the molecule is CC(CN1CCOCC1)N(CC(=O)Nc1sccc1C(N)=O)Cc1ccccc1. The molecular weight excluding hydrogens is 388 g/mol. The second-order valence-electron chi connectivity index (χ2n) is 7.23. The van der Waals surface area contributed by atoms with Crippen LogP contribution in [0.2, 0.25) is 0 Å². The predicted octanol–water partition coefficient (Wildman–Crippen LogP) is 2.01. The topological polar surface area (TPSA) is 87.9 Å². The van der Waals surface area contributed by atoms with Gasteiger partial charge in [-0.05, 0) is 23.9 Å². The summed E-state index contributed by atoms with van der Waals surface area (Å²) >= 11 is 1.30. The molecule has 1 aliphatic heterocycles. The van der Waals surface area contributed by atoms with Gasteiger partial charge in [0.25, 0.3) is 5.91 Å². The summed E-state index contributed by atoms with van der Waals surface area (Å²) < 4.78 is 5.44. The molecule has 2 aromatic rings. The number of amides is 2. The van der Waals surface area contributed by atoms with Crippen LogP contribution in [0, 0.1) is 0 Å². The normalized spacial score (nSPS) is 15.9. The number of morpholine rings is 1. The Labute approximate surface area is 175 Å². The summed E-state index contributed by atoms with van der Waals surface area (Å²) in [5.41, 5.74) is 6.88. The van der Waals surface area contributed by atoms with Gasteiger partial charge < -0.3 is 15.8 Å². The van der Waals surface area contributed by atoms with Crippen molar-refractivity contribution in [2.24, 2.45) is 5.73 Å². The van der Waals surface area contributed by atoms with Gasteiger partial charge in [0.15, 0.2) is 0 Å². The zero-order valence-electron chi connectivity index (χ0n) is 16.7. The highest BCUT2D eigenvalue weighted by Gasteiger charge is 2.22. The van der Waals surface area contributed by atoms with E-state index in [0.717, 1.165) is 38.4 Å². The first kappa shape index (κ1) is 21.4. The van der Waals surface area contributed by atoms with E-state index in [1.165, 1.54) is 11.3 Å². The zero-order valence-corrected chi connectivity index (χ0v) is 17.5. The maximum Gasteiger partial charge on any atom is 0.251 e. The van der Waals surface area contributed by atoms with Gasteiger partial charge in [-0.2, -0.15) is 0 Å². The molecular formula is C21H28N4O3S. The number of rotatable bonds is 9. The van der Waals surface area contributed by atoms with E-state index in [1.54, 1.807) is 11.4 Å². The molecule has 1 aromatic heterocycles. The van der Waals surface area contributed by atoms with Crippen molar-refractivity contribution in [3.05, 3.63) is 52.9 Å². The third kappa shape index (κ3) is 6.37. The number of anilines is 1. The van der Waals surface area contributed by atoms with Crippen molar-refractivity contribution >= 4 is 28.2 Å². The number of thiophene rings is 1. The summed E-state index contributed by atoms with van der Waals surface area (Å²) in [6, 6.07) is 11.9. The molecule has 29 heavy (non-hydrogen) atoms. The number of hydrogen-bond donors (Lipinski definition) is 2. The van der Waals surface area contributed by atoms with E-state index in [4.69, 9.17) is 10.5 Å². The van der Waals surface area contributed by atoms with Crippen LogP contribution in [-0.2, 0) is 16.1 Å². The maximum absolute atomic E-state index is 12.8. The van der Waals surface area contributed by atoms with E-state index in [1.807, 2.05) is 18.2 Å². The van der Waals surface area contributed by atoms with Crippen LogP contribution in [0.25, 0.3) is 0 Å². The lowest BCUT2D eigenvalue weighted by Crippen LogP contribution is -2.47. The summed E-state index contributed by atoms with van der Waals surface area (Å²) in [5.74, 6) is -0.692. The number of hydrogen-bond acceptors (Lipinski definition) is 6. The molecule has 2 heterocycles. The second kappa shape index (κ2) is 10.5. The van der Waals surface area contributed by atoms with Gasteiger partial charge in [-0.25, -0.2) is 0 Å². The van der Waals surface area contributed by atoms with Crippen LogP contribution in [0.3, 0.4) is 0 Å². The van der Waals surface area contributed by atoms with Gasteiger partial charge in [0, 0.05) is 32.2 Å². The van der Waals surface area contributed by atoms with Crippen molar-refractivity contribution in [3.8, 4) is 0 Å². The minimum absolute atomic E-state index is 0.153. The maximum atomic E-state index is 12.8. The highest BCUT2D eigenvalue weighted by molar-refractivity contribution is 7.14. The molecule has 0 radical (unpaired) electrons. The van der Waals surface area contributed by atoms with Gasteiger partial charge in [-0.15, -0.1) is 11.3 Å². The molecule has 0 aliphatic carbocycles. The summed E-state index contributed by atoms with van der Waals surface area (Å²) in [7, 11) is 0. The molecule has 0 bridgehead atoms. The van der Waals surface area contributed by atoms with Crippen molar-refractivity contribution in [2.45, 2.75) is 19.5 Å². The predicted molar refractivity (Wildman–Crippen MR) is 115 cm³/mol. The fourth-order valence-electron chi connectivity index (χ4n) is 3.41. The lowest BCUT2D eigenvalue weighted by atomic mass is 10.1. The third-order valence-corrected chi connectivity index (χ3v) is 5.84. The number of nitrogens with zero attached hydrogens (tertiary/aromatic N) is 2. The number of primary amides is 1. The lowest BCUT2D eigenvalue weighted by Gasteiger charge is -2.34. The van der Waals surface area contributed by atoms with E-state index in [9.17, 15) is 9.59 Å². The smallest absolute Gasteiger partial charge is 0.251 e. The highest BCUT2D eigenvalue weighted by Crippen LogP contribution is 2.22. The zero-order chi connectivity index (χ0) is 20.6. The Hall–Kier alpha value is -2.26. The first-order valence-electron chi connectivity index (χ1n) is 9.78. The van der Waals surface area contributed by atoms with Crippen molar-refractivity contribution in [3.63, 3.8) is 0 Å². The molecule has 156 valence electrons. The average Bonchev–Trinajstić information content (AvgIpc) is 3.17. The Balaban J connectivity index is 1.67. The quantitative estimate of drug-likeness (QED) is 0.653. The van der Waals surface area contributed by atoms with Crippen LogP contribution in [-0.4, -0.2) is 67.0 Å². The van der Waals surface area contributed by atoms with Crippen molar-refractivity contribution < 1.29 is 14.3 Å². The molecule has 1 atom stereocenters. The monoisotopic (exact) mass is 416 g/mol.